The van der Waals surface area contributed by atoms with Gasteiger partial charge in [0.25, 0.3) is 0 Å². The minimum absolute atomic E-state index is 0.0792. The molecule has 3 rings (SSSR count). The Morgan fingerprint density at radius 3 is 2.46 bits per heavy atom. The molecule has 0 spiro atoms. The van der Waals surface area contributed by atoms with E-state index in [0.29, 0.717) is 0 Å². The Kier molecular flexibility index (Phi) is 5.58. The van der Waals surface area contributed by atoms with Gasteiger partial charge < -0.3 is 10.2 Å². The topological polar surface area (TPSA) is 41.1 Å². The highest BCUT2D eigenvalue weighted by Crippen LogP contribution is 2.28. The summed E-state index contributed by atoms with van der Waals surface area (Å²) in [7, 11) is 0. The van der Waals surface area contributed by atoms with Crippen LogP contribution in [0.15, 0.2) is 12.3 Å². The van der Waals surface area contributed by atoms with Gasteiger partial charge in [0, 0.05) is 31.9 Å². The molecule has 134 valence electrons. The maximum absolute atomic E-state index is 12.7. The van der Waals surface area contributed by atoms with Crippen LogP contribution >= 0.6 is 0 Å². The van der Waals surface area contributed by atoms with Crippen LogP contribution in [0.5, 0.6) is 0 Å². The van der Waals surface area contributed by atoms with Crippen LogP contribution in [-0.2, 0) is 6.18 Å². The Morgan fingerprint density at radius 1 is 1.08 bits per heavy atom. The Bertz CT molecular complexity index is 521. The van der Waals surface area contributed by atoms with Crippen molar-refractivity contribution in [1.29, 1.82) is 0 Å². The molecule has 1 saturated heterocycles. The Labute approximate surface area is 140 Å². The molecule has 0 aromatic carbocycles. The van der Waals surface area contributed by atoms with E-state index in [1.54, 1.807) is 0 Å². The smallest absolute Gasteiger partial charge is 0.351 e. The molecule has 4 nitrogen and oxygen atoms in total. The predicted molar refractivity (Wildman–Crippen MR) is 86.7 cm³/mol. The van der Waals surface area contributed by atoms with Gasteiger partial charge in [-0.05, 0) is 37.7 Å². The van der Waals surface area contributed by atoms with E-state index in [1.807, 2.05) is 0 Å². The number of halogens is 3. The molecule has 0 amide bonds. The molecule has 2 heterocycles. The second-order valence-corrected chi connectivity index (χ2v) is 6.99. The van der Waals surface area contributed by atoms with Gasteiger partial charge in [-0.3, -0.25) is 0 Å². The lowest BCUT2D eigenvalue weighted by Gasteiger charge is -2.35. The van der Waals surface area contributed by atoms with Gasteiger partial charge in [0.15, 0.2) is 0 Å². The number of hydrogen-bond donors (Lipinski definition) is 1. The van der Waals surface area contributed by atoms with Crippen LogP contribution in [-0.4, -0.2) is 40.5 Å². The number of nitrogens with one attached hydrogen (secondary N) is 1. The fraction of sp³-hybridized carbons (Fsp3) is 0.765. The average molecular weight is 342 g/mol. The number of aromatic nitrogens is 2. The quantitative estimate of drug-likeness (QED) is 0.899. The van der Waals surface area contributed by atoms with Crippen molar-refractivity contribution < 1.29 is 13.2 Å². The number of likely N-dealkylation sites (tertiary alicyclic amines) is 1. The van der Waals surface area contributed by atoms with Crippen LogP contribution in [0.25, 0.3) is 0 Å². The third kappa shape index (κ3) is 4.82. The van der Waals surface area contributed by atoms with Gasteiger partial charge in [-0.15, -0.1) is 0 Å². The zero-order chi connectivity index (χ0) is 17.0. The van der Waals surface area contributed by atoms with Crippen LogP contribution in [0.3, 0.4) is 0 Å². The predicted octanol–water partition coefficient (Wildman–Crippen LogP) is 3.95. The molecule has 1 aliphatic heterocycles. The van der Waals surface area contributed by atoms with Crippen molar-refractivity contribution in [3.05, 3.63) is 18.0 Å². The number of hydrogen-bond acceptors (Lipinski definition) is 4. The van der Waals surface area contributed by atoms with E-state index in [4.69, 9.17) is 0 Å². The summed E-state index contributed by atoms with van der Waals surface area (Å²) in [6.45, 7) is 3.16. The molecule has 1 aromatic heterocycles. The molecule has 0 unspecified atom stereocenters. The Hall–Kier alpha value is -1.37. The first kappa shape index (κ1) is 17.5. The number of rotatable bonds is 4. The van der Waals surface area contributed by atoms with Gasteiger partial charge in [-0.2, -0.15) is 13.2 Å². The van der Waals surface area contributed by atoms with Crippen molar-refractivity contribution >= 4 is 5.95 Å². The van der Waals surface area contributed by atoms with E-state index in [2.05, 4.69) is 20.2 Å². The molecular weight excluding hydrogens is 317 g/mol. The highest BCUT2D eigenvalue weighted by Gasteiger charge is 2.33. The van der Waals surface area contributed by atoms with Gasteiger partial charge in [0.2, 0.25) is 5.95 Å². The van der Waals surface area contributed by atoms with E-state index in [1.165, 1.54) is 38.6 Å². The highest BCUT2D eigenvalue weighted by molar-refractivity contribution is 5.27. The maximum Gasteiger partial charge on any atom is 0.433 e. The number of alkyl halides is 3. The second kappa shape index (κ2) is 7.68. The van der Waals surface area contributed by atoms with Gasteiger partial charge in [-0.1, -0.05) is 19.3 Å². The fourth-order valence-electron chi connectivity index (χ4n) is 3.76. The van der Waals surface area contributed by atoms with Gasteiger partial charge >= 0.3 is 6.18 Å². The summed E-state index contributed by atoms with van der Waals surface area (Å²) >= 11 is 0. The van der Waals surface area contributed by atoms with Crippen LogP contribution in [0, 0.1) is 5.92 Å². The third-order valence-corrected chi connectivity index (χ3v) is 5.11. The summed E-state index contributed by atoms with van der Waals surface area (Å²) in [5, 5.41) is 3.07. The lowest BCUT2D eigenvalue weighted by molar-refractivity contribution is -0.141. The molecule has 1 aromatic rings. The standard InChI is InChI=1S/C17H25F3N4/c18-17(19,20)15-6-9-21-16(23-15)22-14-7-10-24(11-8-14)12-13-4-2-1-3-5-13/h6,9,13-14H,1-5,7-8,10-12H2,(H,21,22,23). The zero-order valence-corrected chi connectivity index (χ0v) is 13.9. The number of nitrogens with zero attached hydrogens (tertiary/aromatic N) is 3. The van der Waals surface area contributed by atoms with E-state index >= 15 is 0 Å². The van der Waals surface area contributed by atoms with Gasteiger partial charge in [-0.25, -0.2) is 9.97 Å². The Balaban J connectivity index is 1.47. The molecule has 1 aliphatic carbocycles. The lowest BCUT2D eigenvalue weighted by atomic mass is 9.88. The minimum atomic E-state index is -4.43. The van der Waals surface area contributed by atoms with Gasteiger partial charge in [0.1, 0.15) is 5.69 Å². The molecule has 0 radical (unpaired) electrons. The number of piperidine rings is 1. The first-order valence-corrected chi connectivity index (χ1v) is 8.90. The van der Waals surface area contributed by atoms with E-state index in [-0.39, 0.29) is 12.0 Å². The van der Waals surface area contributed by atoms with E-state index in [9.17, 15) is 13.2 Å². The summed E-state index contributed by atoms with van der Waals surface area (Å²) in [6.07, 6.45) is 5.36. The molecule has 0 atom stereocenters. The molecule has 2 fully saturated rings. The zero-order valence-electron chi connectivity index (χ0n) is 13.9. The van der Waals surface area contributed by atoms with Crippen LogP contribution in [0.1, 0.15) is 50.6 Å². The minimum Gasteiger partial charge on any atom is -0.351 e. The largest absolute Gasteiger partial charge is 0.433 e. The van der Waals surface area contributed by atoms with Crippen LogP contribution in [0.2, 0.25) is 0 Å². The molecule has 7 heteroatoms. The normalized spacial score (nSPS) is 21.8. The van der Waals surface area contributed by atoms with Crippen molar-refractivity contribution in [2.24, 2.45) is 5.92 Å². The molecule has 2 aliphatic rings. The Morgan fingerprint density at radius 2 is 1.79 bits per heavy atom. The van der Waals surface area contributed by atoms with E-state index < -0.39 is 11.9 Å². The maximum atomic E-state index is 12.7. The van der Waals surface area contributed by atoms with Crippen molar-refractivity contribution in [3.63, 3.8) is 0 Å². The summed E-state index contributed by atoms with van der Waals surface area (Å²) in [5.41, 5.74) is -0.894. The number of anilines is 1. The van der Waals surface area contributed by atoms with Crippen molar-refractivity contribution in [2.75, 3.05) is 25.0 Å². The lowest BCUT2D eigenvalue weighted by Crippen LogP contribution is -2.41. The summed E-state index contributed by atoms with van der Waals surface area (Å²) < 4.78 is 38.1. The summed E-state index contributed by atoms with van der Waals surface area (Å²) in [6, 6.07) is 1.05. The molecule has 0 bridgehead atoms. The fourth-order valence-corrected chi connectivity index (χ4v) is 3.76. The van der Waals surface area contributed by atoms with Crippen LogP contribution in [0.4, 0.5) is 19.1 Å². The third-order valence-electron chi connectivity index (χ3n) is 5.11. The summed E-state index contributed by atoms with van der Waals surface area (Å²) in [4.78, 5) is 10.0. The molecule has 24 heavy (non-hydrogen) atoms. The first-order valence-electron chi connectivity index (χ1n) is 8.90. The molecular formula is C17H25F3N4. The van der Waals surface area contributed by atoms with Crippen molar-refractivity contribution in [1.82, 2.24) is 14.9 Å². The summed E-state index contributed by atoms with van der Waals surface area (Å²) in [5.74, 6) is 0.908. The van der Waals surface area contributed by atoms with E-state index in [0.717, 1.165) is 44.1 Å². The van der Waals surface area contributed by atoms with Gasteiger partial charge in [0.05, 0.1) is 0 Å². The molecule has 1 saturated carbocycles. The average Bonchev–Trinajstić information content (AvgIpc) is 2.57. The highest BCUT2D eigenvalue weighted by atomic mass is 19.4. The SMILES string of the molecule is FC(F)(F)c1ccnc(NC2CCN(CC3CCCCC3)CC2)n1. The monoisotopic (exact) mass is 342 g/mol. The van der Waals surface area contributed by atoms with Crippen molar-refractivity contribution in [3.8, 4) is 0 Å². The van der Waals surface area contributed by atoms with Crippen LogP contribution < -0.4 is 5.32 Å². The van der Waals surface area contributed by atoms with Crippen molar-refractivity contribution in [2.45, 2.75) is 57.2 Å². The second-order valence-electron chi connectivity index (χ2n) is 6.99. The first-order chi connectivity index (χ1) is 11.5. The molecule has 1 N–H and O–H groups in total.